The number of nitrogens with zero attached hydrogens (tertiary/aromatic N) is 2. The molecule has 0 amide bonds. The van der Waals surface area contributed by atoms with Gasteiger partial charge >= 0.3 is 5.97 Å². The minimum Gasteiger partial charge on any atom is -0.466 e. The molecule has 0 radical (unpaired) electrons. The number of ether oxygens (including phenoxy) is 2. The van der Waals surface area contributed by atoms with Crippen molar-refractivity contribution in [1.29, 1.82) is 0 Å². The van der Waals surface area contributed by atoms with Crippen LogP contribution in [0.5, 0.6) is 11.5 Å². The Labute approximate surface area is 175 Å². The Balaban J connectivity index is 1.69. The largest absolute Gasteiger partial charge is 0.466 e. The van der Waals surface area contributed by atoms with E-state index in [1.807, 2.05) is 50.2 Å². The molecule has 29 heavy (non-hydrogen) atoms. The van der Waals surface area contributed by atoms with Crippen LogP contribution in [0.4, 0.5) is 5.69 Å². The number of halogens is 1. The molecule has 0 aliphatic carbocycles. The van der Waals surface area contributed by atoms with Gasteiger partial charge in [0.25, 0.3) is 0 Å². The first-order valence-electron chi connectivity index (χ1n) is 9.87. The van der Waals surface area contributed by atoms with Crippen LogP contribution in [-0.2, 0) is 9.53 Å². The topological polar surface area (TPSA) is 63.2 Å². The van der Waals surface area contributed by atoms with Gasteiger partial charge in [0.15, 0.2) is 5.75 Å². The van der Waals surface area contributed by atoms with Gasteiger partial charge in [-0.3, -0.25) is 4.79 Å². The summed E-state index contributed by atoms with van der Waals surface area (Å²) in [5, 5.41) is 4.05. The summed E-state index contributed by atoms with van der Waals surface area (Å²) >= 11 is 6.20. The first kappa shape index (κ1) is 19.7. The van der Waals surface area contributed by atoms with Crippen LogP contribution in [0, 0.1) is 5.92 Å². The number of carbonyl (C=O) groups is 1. The summed E-state index contributed by atoms with van der Waals surface area (Å²) in [6, 6.07) is 13.3. The molecule has 0 unspecified atom stereocenters. The van der Waals surface area contributed by atoms with Crippen LogP contribution in [0.2, 0.25) is 5.02 Å². The number of hydrogen-bond donors (Lipinski definition) is 1. The SMILES string of the molecule is CCOC(=O)[C@H](C)[C@H]1CN(C2=Nc3cc(Cl)ccc3Oc3ccccc32)CCN1. The zero-order valence-corrected chi connectivity index (χ0v) is 17.3. The summed E-state index contributed by atoms with van der Waals surface area (Å²) in [6.07, 6.45) is 0. The van der Waals surface area contributed by atoms with Gasteiger partial charge in [0.05, 0.1) is 18.1 Å². The second-order valence-electron chi connectivity index (χ2n) is 7.19. The fourth-order valence-electron chi connectivity index (χ4n) is 3.68. The molecule has 0 spiro atoms. The Bertz CT molecular complexity index is 947. The minimum absolute atomic E-state index is 0.0272. The number of hydrogen-bond acceptors (Lipinski definition) is 6. The molecule has 0 saturated carbocycles. The number of aliphatic imine (C=N–C) groups is 1. The first-order valence-corrected chi connectivity index (χ1v) is 10.2. The van der Waals surface area contributed by atoms with Crippen molar-refractivity contribution in [3.05, 3.63) is 53.1 Å². The Morgan fingerprint density at radius 1 is 1.34 bits per heavy atom. The summed E-state index contributed by atoms with van der Waals surface area (Å²) in [5.41, 5.74) is 1.61. The summed E-state index contributed by atoms with van der Waals surface area (Å²) in [6.45, 7) is 6.27. The first-order chi connectivity index (χ1) is 14.1. The molecule has 2 atom stereocenters. The van der Waals surface area contributed by atoms with Gasteiger partial charge in [-0.15, -0.1) is 0 Å². The van der Waals surface area contributed by atoms with Gasteiger partial charge in [0, 0.05) is 30.7 Å². The number of amidine groups is 1. The van der Waals surface area contributed by atoms with Crippen molar-refractivity contribution in [2.45, 2.75) is 19.9 Å². The van der Waals surface area contributed by atoms with E-state index in [1.54, 1.807) is 6.07 Å². The van der Waals surface area contributed by atoms with Crippen LogP contribution in [0.3, 0.4) is 0 Å². The standard InChI is InChI=1S/C22H24ClN3O3/c1-3-28-22(27)14(2)18-13-26(11-10-24-18)21-16-6-4-5-7-19(16)29-20-9-8-15(23)12-17(20)25-21/h4-9,12,14,18,24H,3,10-11,13H2,1-2H3/t14-,18-/m1/s1. The molecule has 1 saturated heterocycles. The number of esters is 1. The van der Waals surface area contributed by atoms with Crippen LogP contribution in [0.25, 0.3) is 0 Å². The van der Waals surface area contributed by atoms with Crippen LogP contribution in [-0.4, -0.2) is 49.0 Å². The molecule has 6 nitrogen and oxygen atoms in total. The van der Waals surface area contributed by atoms with Crippen LogP contribution in [0.1, 0.15) is 19.4 Å². The van der Waals surface area contributed by atoms with Crippen LogP contribution >= 0.6 is 11.6 Å². The van der Waals surface area contributed by atoms with Crippen molar-refractivity contribution in [3.63, 3.8) is 0 Å². The molecule has 7 heteroatoms. The lowest BCUT2D eigenvalue weighted by Crippen LogP contribution is -2.56. The third-order valence-corrected chi connectivity index (χ3v) is 5.50. The van der Waals surface area contributed by atoms with Crippen molar-refractivity contribution in [3.8, 4) is 11.5 Å². The van der Waals surface area contributed by atoms with Gasteiger partial charge in [-0.1, -0.05) is 30.7 Å². The smallest absolute Gasteiger partial charge is 0.310 e. The quantitative estimate of drug-likeness (QED) is 0.770. The average Bonchev–Trinajstić information content (AvgIpc) is 2.90. The Morgan fingerprint density at radius 3 is 3.00 bits per heavy atom. The van der Waals surface area contributed by atoms with Crippen LogP contribution in [0.15, 0.2) is 47.5 Å². The molecular weight excluding hydrogens is 390 g/mol. The maximum Gasteiger partial charge on any atom is 0.310 e. The van der Waals surface area contributed by atoms with E-state index in [4.69, 9.17) is 26.1 Å². The molecule has 2 aromatic carbocycles. The summed E-state index contributed by atoms with van der Waals surface area (Å²) in [7, 11) is 0. The van der Waals surface area contributed by atoms with E-state index in [2.05, 4.69) is 10.2 Å². The van der Waals surface area contributed by atoms with Gasteiger partial charge in [-0.25, -0.2) is 4.99 Å². The summed E-state index contributed by atoms with van der Waals surface area (Å²) in [4.78, 5) is 19.4. The molecule has 2 aliphatic heterocycles. The zero-order chi connectivity index (χ0) is 20.4. The summed E-state index contributed by atoms with van der Waals surface area (Å²) < 4.78 is 11.3. The average molecular weight is 414 g/mol. The van der Waals surface area contributed by atoms with E-state index >= 15 is 0 Å². The number of carbonyl (C=O) groups excluding carboxylic acids is 1. The molecule has 1 N–H and O–H groups in total. The Kier molecular flexibility index (Phi) is 5.74. The lowest BCUT2D eigenvalue weighted by Gasteiger charge is -2.37. The van der Waals surface area contributed by atoms with Gasteiger partial charge in [0.2, 0.25) is 0 Å². The highest BCUT2D eigenvalue weighted by atomic mass is 35.5. The van der Waals surface area contributed by atoms with Gasteiger partial charge in [0.1, 0.15) is 17.3 Å². The van der Waals surface area contributed by atoms with Gasteiger partial charge in [-0.2, -0.15) is 0 Å². The number of piperazine rings is 1. The fourth-order valence-corrected chi connectivity index (χ4v) is 3.85. The highest BCUT2D eigenvalue weighted by Gasteiger charge is 2.32. The predicted molar refractivity (Wildman–Crippen MR) is 113 cm³/mol. The van der Waals surface area contributed by atoms with E-state index in [1.165, 1.54) is 0 Å². The molecule has 0 bridgehead atoms. The molecule has 1 fully saturated rings. The van der Waals surface area contributed by atoms with Crippen LogP contribution < -0.4 is 10.1 Å². The number of rotatable bonds is 3. The van der Waals surface area contributed by atoms with E-state index in [-0.39, 0.29) is 17.9 Å². The third-order valence-electron chi connectivity index (χ3n) is 5.26. The minimum atomic E-state index is -0.252. The third kappa shape index (κ3) is 4.09. The van der Waals surface area contributed by atoms with E-state index in [9.17, 15) is 4.79 Å². The summed E-state index contributed by atoms with van der Waals surface area (Å²) in [5.74, 6) is 1.81. The number of nitrogens with one attached hydrogen (secondary N) is 1. The molecule has 2 aromatic rings. The van der Waals surface area contributed by atoms with Crippen molar-refractivity contribution >= 4 is 29.1 Å². The maximum atomic E-state index is 12.2. The second kappa shape index (κ2) is 8.43. The van der Waals surface area contributed by atoms with Crippen molar-refractivity contribution < 1.29 is 14.3 Å². The molecule has 0 aromatic heterocycles. The van der Waals surface area contributed by atoms with E-state index < -0.39 is 0 Å². The second-order valence-corrected chi connectivity index (χ2v) is 7.63. The zero-order valence-electron chi connectivity index (χ0n) is 16.5. The van der Waals surface area contributed by atoms with Crippen molar-refractivity contribution in [1.82, 2.24) is 10.2 Å². The Morgan fingerprint density at radius 2 is 2.17 bits per heavy atom. The van der Waals surface area contributed by atoms with E-state index in [0.29, 0.717) is 29.6 Å². The van der Waals surface area contributed by atoms with Gasteiger partial charge < -0.3 is 19.7 Å². The van der Waals surface area contributed by atoms with Crippen molar-refractivity contribution in [2.24, 2.45) is 10.9 Å². The molecule has 4 rings (SSSR count). The van der Waals surface area contributed by atoms with Crippen molar-refractivity contribution in [2.75, 3.05) is 26.2 Å². The monoisotopic (exact) mass is 413 g/mol. The highest BCUT2D eigenvalue weighted by Crippen LogP contribution is 2.39. The molecule has 2 aliphatic rings. The highest BCUT2D eigenvalue weighted by molar-refractivity contribution is 6.31. The number of benzene rings is 2. The molecule has 152 valence electrons. The normalized spacial score (nSPS) is 19.2. The molecular formula is C22H24ClN3O3. The number of fused-ring (bicyclic) bond motifs is 2. The fraction of sp³-hybridized carbons (Fsp3) is 0.364. The van der Waals surface area contributed by atoms with E-state index in [0.717, 1.165) is 30.2 Å². The lowest BCUT2D eigenvalue weighted by molar-refractivity contribution is -0.148. The van der Waals surface area contributed by atoms with Gasteiger partial charge in [-0.05, 0) is 37.3 Å². The Hall–Kier alpha value is -2.57. The molecule has 2 heterocycles. The number of para-hydroxylation sites is 1. The predicted octanol–water partition coefficient (Wildman–Crippen LogP) is 4.00. The lowest BCUT2D eigenvalue weighted by atomic mass is 9.99. The maximum absolute atomic E-state index is 12.2.